The van der Waals surface area contributed by atoms with Crippen LogP contribution in [0.25, 0.3) is 0 Å². The molecule has 0 unspecified atom stereocenters. The summed E-state index contributed by atoms with van der Waals surface area (Å²) < 4.78 is 0. The van der Waals surface area contributed by atoms with Gasteiger partial charge in [0.2, 0.25) is 0 Å². The molecule has 1 N–H and O–H groups in total. The third kappa shape index (κ3) is 2.53. The van der Waals surface area contributed by atoms with Crippen molar-refractivity contribution in [1.82, 2.24) is 0 Å². The Balaban J connectivity index is 1.90. The highest BCUT2D eigenvalue weighted by Gasteiger charge is 2.10. The van der Waals surface area contributed by atoms with Crippen LogP contribution in [0.15, 0.2) is 18.2 Å². The molecule has 1 aromatic rings. The van der Waals surface area contributed by atoms with Gasteiger partial charge in [0.25, 0.3) is 0 Å². The van der Waals surface area contributed by atoms with Crippen molar-refractivity contribution in [2.45, 2.75) is 32.1 Å². The van der Waals surface area contributed by atoms with Crippen molar-refractivity contribution in [1.29, 1.82) is 0 Å². The van der Waals surface area contributed by atoms with E-state index in [1.807, 2.05) is 0 Å². The van der Waals surface area contributed by atoms with Crippen LogP contribution in [0.2, 0.25) is 0 Å². The number of benzene rings is 1. The lowest BCUT2D eigenvalue weighted by molar-refractivity contribution is 0.905. The van der Waals surface area contributed by atoms with Crippen LogP contribution in [0.3, 0.4) is 0 Å². The molecule has 1 aromatic carbocycles. The van der Waals surface area contributed by atoms with Gasteiger partial charge in [-0.3, -0.25) is 0 Å². The number of rotatable bonds is 4. The van der Waals surface area contributed by atoms with E-state index in [9.17, 15) is 0 Å². The monoisotopic (exact) mass is 199 g/mol. The number of fused-ring (bicyclic) bond motifs is 1. The van der Waals surface area contributed by atoms with Gasteiger partial charge in [0.15, 0.2) is 0 Å². The van der Waals surface area contributed by atoms with Gasteiger partial charge in [-0.05, 0) is 48.9 Å². The molecule has 2 rings (SSSR count). The number of hydrogen-bond donors (Lipinski definition) is 1. The Kier molecular flexibility index (Phi) is 3.29. The molecular formula is C14H17N. The second kappa shape index (κ2) is 4.89. The Labute approximate surface area is 91.9 Å². The Morgan fingerprint density at radius 1 is 1.27 bits per heavy atom. The first kappa shape index (κ1) is 10.1. The summed E-state index contributed by atoms with van der Waals surface area (Å²) in [7, 11) is 0. The van der Waals surface area contributed by atoms with Gasteiger partial charge in [0.05, 0.1) is 0 Å². The molecule has 15 heavy (non-hydrogen) atoms. The van der Waals surface area contributed by atoms with Crippen LogP contribution in [0.5, 0.6) is 0 Å². The van der Waals surface area contributed by atoms with Gasteiger partial charge >= 0.3 is 0 Å². The highest BCUT2D eigenvalue weighted by atomic mass is 14.9. The summed E-state index contributed by atoms with van der Waals surface area (Å²) in [4.78, 5) is 0. The number of hydrogen-bond acceptors (Lipinski definition) is 1. The van der Waals surface area contributed by atoms with Gasteiger partial charge in [-0.1, -0.05) is 6.07 Å². The average molecular weight is 199 g/mol. The normalized spacial score (nSPS) is 13.3. The molecule has 0 saturated carbocycles. The lowest BCUT2D eigenvalue weighted by atomic mass is 10.1. The van der Waals surface area contributed by atoms with Crippen LogP contribution in [-0.4, -0.2) is 6.54 Å². The molecule has 0 aliphatic heterocycles. The minimum Gasteiger partial charge on any atom is -0.385 e. The quantitative estimate of drug-likeness (QED) is 0.580. The Hall–Kier alpha value is -1.42. The SMILES string of the molecule is C#CCCCNc1ccc2c(c1)CCC2. The predicted octanol–water partition coefficient (Wildman–Crippen LogP) is 3.00. The summed E-state index contributed by atoms with van der Waals surface area (Å²) in [6.07, 6.45) is 10.9. The van der Waals surface area contributed by atoms with E-state index in [4.69, 9.17) is 6.42 Å². The third-order valence-electron chi connectivity index (χ3n) is 2.93. The number of unbranched alkanes of at least 4 members (excludes halogenated alkanes) is 1. The third-order valence-corrected chi connectivity index (χ3v) is 2.93. The fourth-order valence-electron chi connectivity index (χ4n) is 2.10. The zero-order valence-electron chi connectivity index (χ0n) is 9.05. The zero-order chi connectivity index (χ0) is 10.5. The maximum absolute atomic E-state index is 5.20. The van der Waals surface area contributed by atoms with Crippen molar-refractivity contribution in [3.05, 3.63) is 29.3 Å². The minimum atomic E-state index is 0.859. The first-order valence-electron chi connectivity index (χ1n) is 5.69. The smallest absolute Gasteiger partial charge is 0.0343 e. The first-order valence-corrected chi connectivity index (χ1v) is 5.69. The molecule has 1 aliphatic rings. The predicted molar refractivity (Wildman–Crippen MR) is 65.0 cm³/mol. The summed E-state index contributed by atoms with van der Waals surface area (Å²) in [6.45, 7) is 0.975. The molecule has 0 fully saturated rings. The molecule has 0 heterocycles. The fraction of sp³-hybridized carbons (Fsp3) is 0.429. The Morgan fingerprint density at radius 3 is 3.00 bits per heavy atom. The van der Waals surface area contributed by atoms with Crippen molar-refractivity contribution in [2.75, 3.05) is 11.9 Å². The summed E-state index contributed by atoms with van der Waals surface area (Å²) in [5.74, 6) is 2.66. The lowest BCUT2D eigenvalue weighted by Gasteiger charge is -2.07. The molecule has 1 nitrogen and oxygen atoms in total. The number of anilines is 1. The molecule has 0 bridgehead atoms. The largest absolute Gasteiger partial charge is 0.385 e. The molecule has 0 radical (unpaired) electrons. The number of nitrogens with one attached hydrogen (secondary N) is 1. The summed E-state index contributed by atoms with van der Waals surface area (Å²) in [5.41, 5.74) is 4.30. The molecule has 0 amide bonds. The zero-order valence-corrected chi connectivity index (χ0v) is 9.05. The van der Waals surface area contributed by atoms with Crippen LogP contribution in [0.1, 0.15) is 30.4 Å². The van der Waals surface area contributed by atoms with Crippen molar-refractivity contribution in [3.63, 3.8) is 0 Å². The second-order valence-corrected chi connectivity index (χ2v) is 4.07. The van der Waals surface area contributed by atoms with E-state index in [-0.39, 0.29) is 0 Å². The van der Waals surface area contributed by atoms with Crippen LogP contribution in [-0.2, 0) is 12.8 Å². The van der Waals surface area contributed by atoms with Gasteiger partial charge in [-0.2, -0.15) is 0 Å². The van der Waals surface area contributed by atoms with Gasteiger partial charge in [0.1, 0.15) is 0 Å². The maximum atomic E-state index is 5.20. The topological polar surface area (TPSA) is 12.0 Å². The molecule has 0 aromatic heterocycles. The Morgan fingerprint density at radius 2 is 2.13 bits per heavy atom. The summed E-state index contributed by atoms with van der Waals surface area (Å²) in [6, 6.07) is 6.73. The van der Waals surface area contributed by atoms with E-state index < -0.39 is 0 Å². The van der Waals surface area contributed by atoms with Crippen molar-refractivity contribution >= 4 is 5.69 Å². The van der Waals surface area contributed by atoms with Gasteiger partial charge in [-0.25, -0.2) is 0 Å². The molecule has 1 aliphatic carbocycles. The maximum Gasteiger partial charge on any atom is 0.0343 e. The average Bonchev–Trinajstić information content (AvgIpc) is 2.71. The summed E-state index contributed by atoms with van der Waals surface area (Å²) in [5, 5.41) is 3.41. The van der Waals surface area contributed by atoms with Crippen LogP contribution >= 0.6 is 0 Å². The van der Waals surface area contributed by atoms with E-state index in [0.717, 1.165) is 19.4 Å². The van der Waals surface area contributed by atoms with Gasteiger partial charge < -0.3 is 5.32 Å². The number of aryl methyl sites for hydroxylation is 2. The highest BCUT2D eigenvalue weighted by Crippen LogP contribution is 2.24. The molecule has 78 valence electrons. The van der Waals surface area contributed by atoms with Gasteiger partial charge in [0, 0.05) is 18.7 Å². The fourth-order valence-corrected chi connectivity index (χ4v) is 2.10. The van der Waals surface area contributed by atoms with Crippen LogP contribution in [0, 0.1) is 12.3 Å². The molecule has 0 spiro atoms. The van der Waals surface area contributed by atoms with Crippen molar-refractivity contribution in [2.24, 2.45) is 0 Å². The lowest BCUT2D eigenvalue weighted by Crippen LogP contribution is -2.01. The van der Waals surface area contributed by atoms with E-state index in [0.29, 0.717) is 0 Å². The second-order valence-electron chi connectivity index (χ2n) is 4.07. The van der Waals surface area contributed by atoms with E-state index in [1.165, 1.54) is 36.1 Å². The van der Waals surface area contributed by atoms with Gasteiger partial charge in [-0.15, -0.1) is 12.3 Å². The van der Waals surface area contributed by atoms with E-state index >= 15 is 0 Å². The van der Waals surface area contributed by atoms with Crippen molar-refractivity contribution in [3.8, 4) is 12.3 Å². The summed E-state index contributed by atoms with van der Waals surface area (Å²) >= 11 is 0. The molecule has 1 heteroatoms. The van der Waals surface area contributed by atoms with Crippen LogP contribution < -0.4 is 5.32 Å². The highest BCUT2D eigenvalue weighted by molar-refractivity contribution is 5.50. The van der Waals surface area contributed by atoms with Crippen molar-refractivity contribution < 1.29 is 0 Å². The standard InChI is InChI=1S/C14H17N/c1-2-3-4-10-15-14-9-8-12-6-5-7-13(12)11-14/h1,8-9,11,15H,3-7,10H2. The Bertz CT molecular complexity index is 373. The minimum absolute atomic E-state index is 0.859. The molecular weight excluding hydrogens is 182 g/mol. The van der Waals surface area contributed by atoms with Crippen LogP contribution in [0.4, 0.5) is 5.69 Å². The molecule has 0 atom stereocenters. The number of terminal acetylenes is 1. The van der Waals surface area contributed by atoms with E-state index in [1.54, 1.807) is 0 Å². The molecule has 0 saturated heterocycles. The first-order chi connectivity index (χ1) is 7.40. The van der Waals surface area contributed by atoms with E-state index in [2.05, 4.69) is 29.4 Å².